The zero-order chi connectivity index (χ0) is 32.6. The second kappa shape index (κ2) is 12.3. The van der Waals surface area contributed by atoms with Gasteiger partial charge in [-0.15, -0.1) is 0 Å². The van der Waals surface area contributed by atoms with E-state index in [9.17, 15) is 0 Å². The Morgan fingerprint density at radius 1 is 0.265 bits per heavy atom. The van der Waals surface area contributed by atoms with E-state index in [2.05, 4.69) is 205 Å². The van der Waals surface area contributed by atoms with Crippen LogP contribution in [0.15, 0.2) is 200 Å². The minimum absolute atomic E-state index is 1.10. The van der Waals surface area contributed by atoms with Crippen molar-refractivity contribution in [3.8, 4) is 33.4 Å². The maximum Gasteiger partial charge on any atom is 0.0540 e. The predicted octanol–water partition coefficient (Wildman–Crippen LogP) is 13.6. The Kier molecular flexibility index (Phi) is 7.22. The van der Waals surface area contributed by atoms with E-state index < -0.39 is 0 Å². The zero-order valence-corrected chi connectivity index (χ0v) is 27.0. The normalized spacial score (nSPS) is 11.3. The fraction of sp³-hybridized carbons (Fsp3) is 0. The summed E-state index contributed by atoms with van der Waals surface area (Å²) in [5.41, 5.74) is 10.6. The Morgan fingerprint density at radius 3 is 1.67 bits per heavy atom. The van der Waals surface area contributed by atoms with E-state index in [4.69, 9.17) is 0 Å². The second-order valence-corrected chi connectivity index (χ2v) is 12.5. The molecular formula is C48H33N. The quantitative estimate of drug-likeness (QED) is 0.167. The number of fused-ring (bicyclic) bond motifs is 4. The molecule has 0 saturated heterocycles. The van der Waals surface area contributed by atoms with Crippen LogP contribution in [0.1, 0.15) is 0 Å². The molecule has 0 aliphatic heterocycles. The zero-order valence-electron chi connectivity index (χ0n) is 27.0. The monoisotopic (exact) mass is 623 g/mol. The van der Waals surface area contributed by atoms with Crippen molar-refractivity contribution in [2.75, 3.05) is 4.90 Å². The fourth-order valence-corrected chi connectivity index (χ4v) is 7.32. The highest BCUT2D eigenvalue weighted by molar-refractivity contribution is 6.15. The lowest BCUT2D eigenvalue weighted by Gasteiger charge is -2.29. The predicted molar refractivity (Wildman–Crippen MR) is 210 cm³/mol. The van der Waals surface area contributed by atoms with Gasteiger partial charge >= 0.3 is 0 Å². The van der Waals surface area contributed by atoms with Gasteiger partial charge in [-0.2, -0.15) is 0 Å². The number of hydrogen-bond donors (Lipinski definition) is 0. The minimum atomic E-state index is 1.10. The van der Waals surface area contributed by atoms with Gasteiger partial charge in [0.15, 0.2) is 0 Å². The lowest BCUT2D eigenvalue weighted by molar-refractivity contribution is 1.28. The van der Waals surface area contributed by atoms with Gasteiger partial charge < -0.3 is 4.90 Å². The molecule has 9 rings (SSSR count). The molecule has 0 aliphatic rings. The Balaban J connectivity index is 1.27. The summed E-state index contributed by atoms with van der Waals surface area (Å²) in [5.74, 6) is 0. The van der Waals surface area contributed by atoms with E-state index >= 15 is 0 Å². The topological polar surface area (TPSA) is 3.24 Å². The summed E-state index contributed by atoms with van der Waals surface area (Å²) in [4.78, 5) is 2.42. The van der Waals surface area contributed by atoms with Crippen LogP contribution < -0.4 is 4.90 Å². The number of hydrogen-bond acceptors (Lipinski definition) is 1. The third kappa shape index (κ3) is 5.23. The van der Waals surface area contributed by atoms with Crippen LogP contribution in [0, 0.1) is 0 Å². The summed E-state index contributed by atoms with van der Waals surface area (Å²) < 4.78 is 0. The van der Waals surface area contributed by atoms with E-state index in [1.165, 1.54) is 65.7 Å². The van der Waals surface area contributed by atoms with Crippen LogP contribution in [0.2, 0.25) is 0 Å². The van der Waals surface area contributed by atoms with E-state index in [1.54, 1.807) is 0 Å². The molecule has 0 heterocycles. The molecule has 0 bridgehead atoms. The first-order valence-corrected chi connectivity index (χ1v) is 16.9. The van der Waals surface area contributed by atoms with E-state index in [-0.39, 0.29) is 0 Å². The first kappa shape index (κ1) is 28.8. The fourth-order valence-electron chi connectivity index (χ4n) is 7.32. The van der Waals surface area contributed by atoms with Crippen molar-refractivity contribution < 1.29 is 0 Å². The summed E-state index contributed by atoms with van der Waals surface area (Å²) in [6, 6.07) is 72.5. The van der Waals surface area contributed by atoms with Gasteiger partial charge in [0.05, 0.1) is 5.69 Å². The molecule has 0 fully saturated rings. The lowest BCUT2D eigenvalue weighted by Crippen LogP contribution is -2.11. The molecule has 0 spiro atoms. The van der Waals surface area contributed by atoms with Gasteiger partial charge in [-0.05, 0) is 96.5 Å². The largest absolute Gasteiger partial charge is 0.310 e. The highest BCUT2D eigenvalue weighted by Crippen LogP contribution is 2.45. The highest BCUT2D eigenvalue weighted by atomic mass is 15.1. The molecule has 9 aromatic rings. The molecule has 1 heteroatoms. The maximum absolute atomic E-state index is 2.42. The van der Waals surface area contributed by atoms with Crippen LogP contribution in [-0.2, 0) is 0 Å². The first-order chi connectivity index (χ1) is 24.3. The van der Waals surface area contributed by atoms with Gasteiger partial charge in [0.2, 0.25) is 0 Å². The molecule has 0 atom stereocenters. The summed E-state index contributed by atoms with van der Waals surface area (Å²) in [7, 11) is 0. The molecule has 49 heavy (non-hydrogen) atoms. The van der Waals surface area contributed by atoms with Crippen molar-refractivity contribution in [3.63, 3.8) is 0 Å². The Bertz CT molecular complexity index is 2590. The van der Waals surface area contributed by atoms with Crippen LogP contribution in [0.3, 0.4) is 0 Å². The molecule has 0 N–H and O–H groups in total. The van der Waals surface area contributed by atoms with Gasteiger partial charge in [0, 0.05) is 16.9 Å². The Morgan fingerprint density at radius 2 is 0.837 bits per heavy atom. The maximum atomic E-state index is 2.42. The first-order valence-electron chi connectivity index (χ1n) is 16.9. The number of anilines is 3. The van der Waals surface area contributed by atoms with Crippen LogP contribution >= 0.6 is 0 Å². The molecular weight excluding hydrogens is 591 g/mol. The highest BCUT2D eigenvalue weighted by Gasteiger charge is 2.20. The summed E-state index contributed by atoms with van der Waals surface area (Å²) in [5, 5.41) is 7.52. The average Bonchev–Trinajstić information content (AvgIpc) is 3.18. The van der Waals surface area contributed by atoms with E-state index in [0.29, 0.717) is 0 Å². The van der Waals surface area contributed by atoms with Crippen LogP contribution in [0.25, 0.3) is 65.7 Å². The third-order valence-electron chi connectivity index (χ3n) is 9.64. The Labute approximate surface area is 287 Å². The minimum Gasteiger partial charge on any atom is -0.310 e. The van der Waals surface area contributed by atoms with Crippen molar-refractivity contribution in [2.24, 2.45) is 0 Å². The van der Waals surface area contributed by atoms with Crippen molar-refractivity contribution >= 4 is 49.4 Å². The molecule has 9 aromatic carbocycles. The van der Waals surface area contributed by atoms with Gasteiger partial charge in [-0.1, -0.05) is 164 Å². The number of benzene rings is 9. The van der Waals surface area contributed by atoms with Crippen LogP contribution in [0.4, 0.5) is 17.1 Å². The molecule has 0 unspecified atom stereocenters. The summed E-state index contributed by atoms with van der Waals surface area (Å²) >= 11 is 0. The molecule has 0 aliphatic carbocycles. The Hall–Kier alpha value is -6.44. The van der Waals surface area contributed by atoms with Gasteiger partial charge in [-0.25, -0.2) is 0 Å². The van der Waals surface area contributed by atoms with Gasteiger partial charge in [0.25, 0.3) is 0 Å². The van der Waals surface area contributed by atoms with Crippen molar-refractivity contribution in [1.29, 1.82) is 0 Å². The third-order valence-corrected chi connectivity index (χ3v) is 9.64. The van der Waals surface area contributed by atoms with E-state index in [0.717, 1.165) is 17.1 Å². The molecule has 230 valence electrons. The number of nitrogens with zero attached hydrogens (tertiary/aromatic N) is 1. The molecule has 0 saturated carbocycles. The lowest BCUT2D eigenvalue weighted by atomic mass is 9.92. The van der Waals surface area contributed by atoms with E-state index in [1.807, 2.05) is 0 Å². The SMILES string of the molecule is c1ccc(-c2ccc(N(c3cccc(-c4cccc5ccccc45)c3)c3ccccc3-c3cc4ccccc4c4ccccc34)cc2)cc1. The van der Waals surface area contributed by atoms with Gasteiger partial charge in [-0.3, -0.25) is 0 Å². The number of para-hydroxylation sites is 1. The van der Waals surface area contributed by atoms with Crippen LogP contribution in [-0.4, -0.2) is 0 Å². The second-order valence-electron chi connectivity index (χ2n) is 12.5. The molecule has 0 aromatic heterocycles. The van der Waals surface area contributed by atoms with Crippen molar-refractivity contribution in [3.05, 3.63) is 200 Å². The molecule has 0 amide bonds. The standard InChI is InChI=1S/C48H33N/c1-2-14-34(15-3-1)35-28-30-39(31-29-35)49(40-20-12-19-37(32-40)42-26-13-18-36-16-4-6-21-41(36)42)48-27-11-10-25-46(48)47-33-38-17-5-7-22-43(38)44-23-8-9-24-45(44)47/h1-33H. The average molecular weight is 624 g/mol. The van der Waals surface area contributed by atoms with Crippen molar-refractivity contribution in [2.45, 2.75) is 0 Å². The smallest absolute Gasteiger partial charge is 0.0540 e. The summed E-state index contributed by atoms with van der Waals surface area (Å²) in [6.07, 6.45) is 0. The number of rotatable bonds is 6. The summed E-state index contributed by atoms with van der Waals surface area (Å²) in [6.45, 7) is 0. The molecule has 1 nitrogen and oxygen atoms in total. The van der Waals surface area contributed by atoms with Gasteiger partial charge in [0.1, 0.15) is 0 Å². The molecule has 0 radical (unpaired) electrons. The van der Waals surface area contributed by atoms with Crippen molar-refractivity contribution in [1.82, 2.24) is 0 Å². The van der Waals surface area contributed by atoms with Crippen LogP contribution in [0.5, 0.6) is 0 Å².